The largest absolute Gasteiger partial charge is 0.458 e. The number of hydrogen-bond acceptors (Lipinski definition) is 6. The highest BCUT2D eigenvalue weighted by atomic mass is 16.7. The molecule has 0 aromatic carbocycles. The van der Waals surface area contributed by atoms with Crippen LogP contribution in [0.4, 0.5) is 0 Å². The van der Waals surface area contributed by atoms with Crippen LogP contribution in [-0.4, -0.2) is 42.6 Å². The molecule has 2 fully saturated rings. The van der Waals surface area contributed by atoms with E-state index in [2.05, 4.69) is 0 Å². The molecule has 6 nitrogen and oxygen atoms in total. The summed E-state index contributed by atoms with van der Waals surface area (Å²) < 4.78 is 22.5. The molecule has 1 spiro atoms. The molecule has 0 unspecified atom stereocenters. The maximum atomic E-state index is 11.4. The molecule has 20 heavy (non-hydrogen) atoms. The predicted octanol–water partition coefficient (Wildman–Crippen LogP) is 1.56. The summed E-state index contributed by atoms with van der Waals surface area (Å²) in [4.78, 5) is 22.7. The Morgan fingerprint density at radius 1 is 1.15 bits per heavy atom. The van der Waals surface area contributed by atoms with Crippen LogP contribution in [0.5, 0.6) is 0 Å². The third kappa shape index (κ3) is 3.30. The van der Waals surface area contributed by atoms with E-state index in [1.54, 1.807) is 0 Å². The van der Waals surface area contributed by atoms with Gasteiger partial charge in [0.05, 0.1) is 12.7 Å². The van der Waals surface area contributed by atoms with Gasteiger partial charge in [-0.1, -0.05) is 0 Å². The van der Waals surface area contributed by atoms with E-state index in [1.807, 2.05) is 6.92 Å². The third-order valence-electron chi connectivity index (χ3n) is 3.61. The van der Waals surface area contributed by atoms with Crippen LogP contribution in [0.25, 0.3) is 0 Å². The number of hydrogen-bond donors (Lipinski definition) is 0. The quantitative estimate of drug-likeness (QED) is 0.717. The standard InChI is InChI=1S/C14H22O6/c1-9-8-12(18-10(2)15)13(19-11(3)16)14(20-9)6-4-5-7-17-14/h9,12-13H,4-8H2,1-3H3/t9-,12-,13-,14+/m0/s1. The first-order valence-corrected chi connectivity index (χ1v) is 7.09. The zero-order valence-corrected chi connectivity index (χ0v) is 12.2. The minimum atomic E-state index is -0.984. The van der Waals surface area contributed by atoms with E-state index in [1.165, 1.54) is 13.8 Å². The molecule has 6 heteroatoms. The fourth-order valence-corrected chi connectivity index (χ4v) is 2.97. The van der Waals surface area contributed by atoms with Crippen LogP contribution in [0, 0.1) is 0 Å². The maximum absolute atomic E-state index is 11.4. The molecule has 2 aliphatic rings. The lowest BCUT2D eigenvalue weighted by atomic mass is 9.89. The molecule has 0 saturated carbocycles. The molecule has 0 bridgehead atoms. The van der Waals surface area contributed by atoms with Crippen LogP contribution < -0.4 is 0 Å². The first-order valence-electron chi connectivity index (χ1n) is 7.09. The van der Waals surface area contributed by atoms with Gasteiger partial charge in [0.1, 0.15) is 6.10 Å². The molecule has 2 saturated heterocycles. The summed E-state index contributed by atoms with van der Waals surface area (Å²) in [6.07, 6.45) is 1.64. The molecule has 2 rings (SSSR count). The van der Waals surface area contributed by atoms with E-state index in [0.717, 1.165) is 12.8 Å². The average Bonchev–Trinajstić information content (AvgIpc) is 2.34. The lowest BCUT2D eigenvalue weighted by molar-refractivity contribution is -0.351. The van der Waals surface area contributed by atoms with Gasteiger partial charge >= 0.3 is 11.9 Å². The number of rotatable bonds is 2. The minimum absolute atomic E-state index is 0.121. The second-order valence-electron chi connectivity index (χ2n) is 5.46. The monoisotopic (exact) mass is 286 g/mol. The third-order valence-corrected chi connectivity index (χ3v) is 3.61. The van der Waals surface area contributed by atoms with Crippen molar-refractivity contribution in [1.29, 1.82) is 0 Å². The lowest BCUT2D eigenvalue weighted by Gasteiger charge is -2.49. The molecule has 114 valence electrons. The molecular weight excluding hydrogens is 264 g/mol. The zero-order chi connectivity index (χ0) is 14.8. The zero-order valence-electron chi connectivity index (χ0n) is 12.2. The predicted molar refractivity (Wildman–Crippen MR) is 68.8 cm³/mol. The van der Waals surface area contributed by atoms with E-state index >= 15 is 0 Å². The Morgan fingerprint density at radius 2 is 1.85 bits per heavy atom. The summed E-state index contributed by atoms with van der Waals surface area (Å²) in [5.41, 5.74) is 0. The SMILES string of the molecule is CC(=O)O[C@H]1C[C@H](C)O[C@]2(CCCCO2)[C@H]1OC(C)=O. The van der Waals surface area contributed by atoms with Crippen molar-refractivity contribution in [3.63, 3.8) is 0 Å². The van der Waals surface area contributed by atoms with Crippen molar-refractivity contribution in [1.82, 2.24) is 0 Å². The van der Waals surface area contributed by atoms with E-state index in [4.69, 9.17) is 18.9 Å². The van der Waals surface area contributed by atoms with Crippen molar-refractivity contribution < 1.29 is 28.5 Å². The summed E-state index contributed by atoms with van der Waals surface area (Å²) in [6, 6.07) is 0. The Labute approximate surface area is 118 Å². The van der Waals surface area contributed by atoms with Gasteiger partial charge in [-0.2, -0.15) is 0 Å². The highest BCUT2D eigenvalue weighted by molar-refractivity contribution is 5.67. The van der Waals surface area contributed by atoms with Crippen LogP contribution in [0.3, 0.4) is 0 Å². The van der Waals surface area contributed by atoms with Gasteiger partial charge in [-0.25, -0.2) is 0 Å². The Bertz CT molecular complexity index is 374. The molecular formula is C14H22O6. The minimum Gasteiger partial charge on any atom is -0.458 e. The Kier molecular flexibility index (Phi) is 4.65. The molecule has 2 aliphatic heterocycles. The van der Waals surface area contributed by atoms with Crippen molar-refractivity contribution in [2.24, 2.45) is 0 Å². The van der Waals surface area contributed by atoms with Crippen LogP contribution in [0.15, 0.2) is 0 Å². The van der Waals surface area contributed by atoms with Gasteiger partial charge in [-0.05, 0) is 19.8 Å². The molecule has 0 radical (unpaired) electrons. The number of ether oxygens (including phenoxy) is 4. The highest BCUT2D eigenvalue weighted by Gasteiger charge is 2.54. The topological polar surface area (TPSA) is 71.1 Å². The first kappa shape index (κ1) is 15.3. The van der Waals surface area contributed by atoms with E-state index in [9.17, 15) is 9.59 Å². The van der Waals surface area contributed by atoms with E-state index < -0.39 is 29.9 Å². The number of carbonyl (C=O) groups is 2. The lowest BCUT2D eigenvalue weighted by Crippen LogP contribution is -2.62. The molecule has 4 atom stereocenters. The van der Waals surface area contributed by atoms with E-state index in [0.29, 0.717) is 19.4 Å². The van der Waals surface area contributed by atoms with Gasteiger partial charge in [0.15, 0.2) is 6.10 Å². The molecule has 0 aromatic rings. The van der Waals surface area contributed by atoms with Crippen LogP contribution in [0.2, 0.25) is 0 Å². The highest BCUT2D eigenvalue weighted by Crippen LogP contribution is 2.40. The summed E-state index contributed by atoms with van der Waals surface area (Å²) in [5.74, 6) is -1.81. The molecule has 2 heterocycles. The average molecular weight is 286 g/mol. The second-order valence-corrected chi connectivity index (χ2v) is 5.46. The van der Waals surface area contributed by atoms with Gasteiger partial charge in [-0.15, -0.1) is 0 Å². The molecule has 0 aliphatic carbocycles. The van der Waals surface area contributed by atoms with Gasteiger partial charge in [0.25, 0.3) is 0 Å². The summed E-state index contributed by atoms with van der Waals surface area (Å²) in [6.45, 7) is 5.14. The van der Waals surface area contributed by atoms with Gasteiger partial charge in [0, 0.05) is 26.7 Å². The number of carbonyl (C=O) groups excluding carboxylic acids is 2. The molecule has 0 amide bonds. The first-order chi connectivity index (χ1) is 9.43. The second kappa shape index (κ2) is 6.10. The smallest absolute Gasteiger partial charge is 0.303 e. The van der Waals surface area contributed by atoms with Crippen LogP contribution >= 0.6 is 0 Å². The van der Waals surface area contributed by atoms with Gasteiger partial charge in [-0.3, -0.25) is 9.59 Å². The van der Waals surface area contributed by atoms with Crippen LogP contribution in [0.1, 0.15) is 46.5 Å². The fraction of sp³-hybridized carbons (Fsp3) is 0.857. The maximum Gasteiger partial charge on any atom is 0.303 e. The van der Waals surface area contributed by atoms with Crippen molar-refractivity contribution >= 4 is 11.9 Å². The van der Waals surface area contributed by atoms with Crippen molar-refractivity contribution in [3.8, 4) is 0 Å². The van der Waals surface area contributed by atoms with Gasteiger partial charge in [0.2, 0.25) is 5.79 Å². The van der Waals surface area contributed by atoms with Crippen molar-refractivity contribution in [2.45, 2.75) is 70.6 Å². The van der Waals surface area contributed by atoms with Crippen molar-refractivity contribution in [2.75, 3.05) is 6.61 Å². The van der Waals surface area contributed by atoms with Crippen LogP contribution in [-0.2, 0) is 28.5 Å². The summed E-state index contributed by atoms with van der Waals surface area (Å²) in [5, 5.41) is 0. The molecule has 0 N–H and O–H groups in total. The summed E-state index contributed by atoms with van der Waals surface area (Å²) in [7, 11) is 0. The Hall–Kier alpha value is -1.14. The van der Waals surface area contributed by atoms with E-state index in [-0.39, 0.29) is 6.10 Å². The normalized spacial score (nSPS) is 37.5. The van der Waals surface area contributed by atoms with Gasteiger partial charge < -0.3 is 18.9 Å². The summed E-state index contributed by atoms with van der Waals surface area (Å²) >= 11 is 0. The Morgan fingerprint density at radius 3 is 2.40 bits per heavy atom. The Balaban J connectivity index is 2.25. The molecule has 0 aromatic heterocycles. The number of esters is 2. The fourth-order valence-electron chi connectivity index (χ4n) is 2.97. The van der Waals surface area contributed by atoms with Crippen molar-refractivity contribution in [3.05, 3.63) is 0 Å².